The van der Waals surface area contributed by atoms with Crippen LogP contribution in [0.5, 0.6) is 0 Å². The Morgan fingerprint density at radius 3 is 2.33 bits per heavy atom. The number of ether oxygens (including phenoxy) is 1. The summed E-state index contributed by atoms with van der Waals surface area (Å²) in [6, 6.07) is 21.8. The summed E-state index contributed by atoms with van der Waals surface area (Å²) in [5.74, 6) is -1.42. The number of hydrogen-bond acceptors (Lipinski definition) is 4. The first-order valence-electron chi connectivity index (χ1n) is 13.8. The number of carbonyl (C=O) groups is 2. The minimum absolute atomic E-state index is 0.309. The van der Waals surface area contributed by atoms with Crippen LogP contribution in [0.3, 0.4) is 0 Å². The fourth-order valence-corrected chi connectivity index (χ4v) is 4.36. The van der Waals surface area contributed by atoms with E-state index in [1.807, 2.05) is 36.4 Å². The van der Waals surface area contributed by atoms with E-state index in [1.54, 1.807) is 32.0 Å². The fourth-order valence-electron chi connectivity index (χ4n) is 4.36. The van der Waals surface area contributed by atoms with Crippen LogP contribution in [-0.4, -0.2) is 34.1 Å². The van der Waals surface area contributed by atoms with Crippen LogP contribution in [0.4, 0.5) is 0 Å². The van der Waals surface area contributed by atoms with Crippen LogP contribution in [0, 0.1) is 0 Å². The molecule has 6 nitrogen and oxygen atoms in total. The molecule has 0 spiro atoms. The molecule has 206 valence electrons. The number of aryl methyl sites for hydroxylation is 2. The molecule has 0 aliphatic rings. The molecule has 1 aromatic heterocycles. The molecule has 2 N–H and O–H groups in total. The van der Waals surface area contributed by atoms with E-state index >= 15 is 0 Å². The number of pyridine rings is 1. The molecule has 0 aliphatic carbocycles. The second-order valence-electron chi connectivity index (χ2n) is 9.74. The Bertz CT molecular complexity index is 1250. The monoisotopic (exact) mass is 528 g/mol. The molecular weight excluding hydrogens is 488 g/mol. The van der Waals surface area contributed by atoms with E-state index in [4.69, 9.17) is 4.74 Å². The SMILES string of the molecule is CCc1ccc(CCCCOCc2cccc(/C=C/c3cccc(C(=O)NC(CC)(CC)C(=O)O)c3)n2)cc1. The number of hydrogen-bond donors (Lipinski definition) is 2. The van der Waals surface area contributed by atoms with Crippen molar-refractivity contribution < 1.29 is 19.4 Å². The van der Waals surface area contributed by atoms with Crippen molar-refractivity contribution >= 4 is 24.0 Å². The third-order valence-corrected chi connectivity index (χ3v) is 7.08. The molecule has 1 heterocycles. The molecule has 0 radical (unpaired) electrons. The van der Waals surface area contributed by atoms with Gasteiger partial charge in [-0.15, -0.1) is 0 Å². The highest BCUT2D eigenvalue weighted by Crippen LogP contribution is 2.18. The maximum atomic E-state index is 12.8. The molecule has 39 heavy (non-hydrogen) atoms. The first kappa shape index (κ1) is 29.8. The van der Waals surface area contributed by atoms with Crippen molar-refractivity contribution in [2.75, 3.05) is 6.61 Å². The second kappa shape index (κ2) is 15.0. The molecule has 0 saturated heterocycles. The average Bonchev–Trinajstić information content (AvgIpc) is 2.97. The minimum Gasteiger partial charge on any atom is -0.480 e. The van der Waals surface area contributed by atoms with E-state index < -0.39 is 17.4 Å². The molecule has 0 fully saturated rings. The van der Waals surface area contributed by atoms with Gasteiger partial charge in [0.1, 0.15) is 5.54 Å². The second-order valence-corrected chi connectivity index (χ2v) is 9.74. The Kier molecular flexibility index (Phi) is 11.4. The lowest BCUT2D eigenvalue weighted by atomic mass is 9.92. The van der Waals surface area contributed by atoms with Crippen LogP contribution < -0.4 is 5.32 Å². The van der Waals surface area contributed by atoms with Gasteiger partial charge in [-0.3, -0.25) is 9.78 Å². The van der Waals surface area contributed by atoms with Gasteiger partial charge in [0.05, 0.1) is 18.0 Å². The van der Waals surface area contributed by atoms with E-state index in [1.165, 1.54) is 11.1 Å². The first-order valence-corrected chi connectivity index (χ1v) is 13.8. The summed E-state index contributed by atoms with van der Waals surface area (Å²) in [5, 5.41) is 12.3. The largest absolute Gasteiger partial charge is 0.480 e. The number of aliphatic carboxylic acids is 1. The number of benzene rings is 2. The van der Waals surface area contributed by atoms with Gasteiger partial charge in [-0.2, -0.15) is 0 Å². The van der Waals surface area contributed by atoms with Gasteiger partial charge in [0.25, 0.3) is 5.91 Å². The summed E-state index contributed by atoms with van der Waals surface area (Å²) in [4.78, 5) is 29.2. The van der Waals surface area contributed by atoms with Crippen molar-refractivity contribution in [2.24, 2.45) is 0 Å². The standard InChI is InChI=1S/C33H40N2O4/c1-4-25-16-18-26(19-17-25)11-7-8-22-39-24-30-15-10-14-29(34-30)21-20-27-12-9-13-28(23-27)31(36)35-33(5-2,6-3)32(37)38/h9-10,12-21,23H,4-8,11,22,24H2,1-3H3,(H,35,36)(H,37,38)/b21-20+. The van der Waals surface area contributed by atoms with Gasteiger partial charge in [0, 0.05) is 12.2 Å². The number of aromatic nitrogens is 1. The summed E-state index contributed by atoms with van der Waals surface area (Å²) in [6.07, 6.45) is 8.63. The number of nitrogens with one attached hydrogen (secondary N) is 1. The van der Waals surface area contributed by atoms with Crippen LogP contribution in [0.25, 0.3) is 12.2 Å². The fraction of sp³-hybridized carbons (Fsp3) is 0.364. The highest BCUT2D eigenvalue weighted by Gasteiger charge is 2.36. The molecule has 2 aromatic carbocycles. The van der Waals surface area contributed by atoms with Gasteiger partial charge in [0.15, 0.2) is 0 Å². The predicted octanol–water partition coefficient (Wildman–Crippen LogP) is 6.73. The molecule has 0 bridgehead atoms. The first-order chi connectivity index (χ1) is 18.9. The zero-order valence-corrected chi connectivity index (χ0v) is 23.3. The molecule has 3 rings (SSSR count). The third-order valence-electron chi connectivity index (χ3n) is 7.08. The van der Waals surface area contributed by atoms with Crippen LogP contribution in [0.1, 0.15) is 84.9 Å². The number of amides is 1. The molecule has 0 saturated carbocycles. The number of carboxylic acids is 1. The lowest BCUT2D eigenvalue weighted by molar-refractivity contribution is -0.144. The molecule has 0 aliphatic heterocycles. The summed E-state index contributed by atoms with van der Waals surface area (Å²) < 4.78 is 5.86. The van der Waals surface area contributed by atoms with Gasteiger partial charge >= 0.3 is 5.97 Å². The average molecular weight is 529 g/mol. The zero-order chi connectivity index (χ0) is 28.1. The van der Waals surface area contributed by atoms with Crippen molar-refractivity contribution in [3.05, 3.63) is 100 Å². The van der Waals surface area contributed by atoms with E-state index in [9.17, 15) is 14.7 Å². The molecule has 0 atom stereocenters. The number of carboxylic acid groups (broad SMARTS) is 1. The molecule has 1 amide bonds. The number of rotatable bonds is 15. The third kappa shape index (κ3) is 8.89. The van der Waals surface area contributed by atoms with E-state index in [0.29, 0.717) is 31.6 Å². The molecule has 3 aromatic rings. The van der Waals surface area contributed by atoms with Crippen LogP contribution in [-0.2, 0) is 29.0 Å². The lowest BCUT2D eigenvalue weighted by Crippen LogP contribution is -2.53. The van der Waals surface area contributed by atoms with Crippen molar-refractivity contribution in [1.29, 1.82) is 0 Å². The lowest BCUT2D eigenvalue weighted by Gasteiger charge is -2.28. The number of unbranched alkanes of at least 4 members (excludes halogenated alkanes) is 1. The summed E-state index contributed by atoms with van der Waals surface area (Å²) in [5.41, 5.74) is 4.37. The molecular formula is C33H40N2O4. The van der Waals surface area contributed by atoms with Crippen molar-refractivity contribution in [2.45, 2.75) is 71.4 Å². The van der Waals surface area contributed by atoms with Crippen LogP contribution in [0.2, 0.25) is 0 Å². The Labute approximate surface area is 232 Å². The van der Waals surface area contributed by atoms with Crippen molar-refractivity contribution in [3.63, 3.8) is 0 Å². The Balaban J connectivity index is 1.49. The minimum atomic E-state index is -1.27. The van der Waals surface area contributed by atoms with Gasteiger partial charge in [-0.05, 0) is 85.6 Å². The maximum Gasteiger partial charge on any atom is 0.329 e. The van der Waals surface area contributed by atoms with Crippen molar-refractivity contribution in [1.82, 2.24) is 10.3 Å². The maximum absolute atomic E-state index is 12.8. The predicted molar refractivity (Wildman–Crippen MR) is 156 cm³/mol. The Morgan fingerprint density at radius 1 is 0.923 bits per heavy atom. The zero-order valence-electron chi connectivity index (χ0n) is 23.3. The van der Waals surface area contributed by atoms with Crippen LogP contribution in [0.15, 0.2) is 66.7 Å². The van der Waals surface area contributed by atoms with E-state index in [-0.39, 0.29) is 0 Å². The van der Waals surface area contributed by atoms with Gasteiger partial charge in [-0.25, -0.2) is 4.79 Å². The normalized spacial score (nSPS) is 11.6. The topological polar surface area (TPSA) is 88.5 Å². The Hall–Kier alpha value is -3.77. The smallest absolute Gasteiger partial charge is 0.329 e. The molecule has 6 heteroatoms. The van der Waals surface area contributed by atoms with Gasteiger partial charge < -0.3 is 15.2 Å². The number of carbonyl (C=O) groups excluding carboxylic acids is 1. The highest BCUT2D eigenvalue weighted by molar-refractivity contribution is 5.98. The van der Waals surface area contributed by atoms with Gasteiger partial charge in [0.2, 0.25) is 0 Å². The van der Waals surface area contributed by atoms with E-state index in [0.717, 1.165) is 42.6 Å². The highest BCUT2D eigenvalue weighted by atomic mass is 16.5. The quantitative estimate of drug-likeness (QED) is 0.214. The van der Waals surface area contributed by atoms with Crippen molar-refractivity contribution in [3.8, 4) is 0 Å². The Morgan fingerprint density at radius 2 is 1.64 bits per heavy atom. The summed E-state index contributed by atoms with van der Waals surface area (Å²) >= 11 is 0. The molecule has 0 unspecified atom stereocenters. The van der Waals surface area contributed by atoms with Gasteiger partial charge in [-0.1, -0.05) is 69.3 Å². The van der Waals surface area contributed by atoms with E-state index in [2.05, 4.69) is 41.5 Å². The summed E-state index contributed by atoms with van der Waals surface area (Å²) in [7, 11) is 0. The number of nitrogens with zero attached hydrogens (tertiary/aromatic N) is 1. The van der Waals surface area contributed by atoms with Crippen LogP contribution >= 0.6 is 0 Å². The summed E-state index contributed by atoms with van der Waals surface area (Å²) in [6.45, 7) is 6.85.